The monoisotopic (exact) mass is 278 g/mol. The lowest BCUT2D eigenvalue weighted by molar-refractivity contribution is -0.0110. The fourth-order valence-corrected chi connectivity index (χ4v) is 1.78. The molecule has 1 unspecified atom stereocenters. The number of allylic oxidation sites excluding steroid dienone is 1. The Balaban J connectivity index is 4.02. The van der Waals surface area contributed by atoms with Gasteiger partial charge < -0.3 is 9.84 Å². The van der Waals surface area contributed by atoms with E-state index in [9.17, 15) is 0 Å². The second-order valence-electron chi connectivity index (χ2n) is 4.28. The standard InChI is InChI=1S/C12H23BrO2/c1-5-15-12(3,4)11(13)7-6-10(2)8-9-14/h8,11,14H,5-7,9H2,1-4H3. The highest BCUT2D eigenvalue weighted by atomic mass is 79.9. The molecule has 0 saturated carbocycles. The van der Waals surface area contributed by atoms with Crippen LogP contribution in [0.15, 0.2) is 11.6 Å². The molecule has 0 aliphatic heterocycles. The van der Waals surface area contributed by atoms with Crippen LogP contribution >= 0.6 is 15.9 Å². The third-order valence-corrected chi connectivity index (χ3v) is 4.06. The van der Waals surface area contributed by atoms with Crippen LogP contribution in [0.1, 0.15) is 40.5 Å². The lowest BCUT2D eigenvalue weighted by Gasteiger charge is -2.30. The lowest BCUT2D eigenvalue weighted by atomic mass is 9.99. The summed E-state index contributed by atoms with van der Waals surface area (Å²) < 4.78 is 5.67. The number of aliphatic hydroxyl groups is 1. The van der Waals surface area contributed by atoms with Crippen molar-refractivity contribution in [2.24, 2.45) is 0 Å². The summed E-state index contributed by atoms with van der Waals surface area (Å²) in [6.45, 7) is 9.12. The van der Waals surface area contributed by atoms with Crippen molar-refractivity contribution in [3.63, 3.8) is 0 Å². The van der Waals surface area contributed by atoms with Crippen molar-refractivity contribution in [1.29, 1.82) is 0 Å². The van der Waals surface area contributed by atoms with E-state index in [1.807, 2.05) is 19.9 Å². The van der Waals surface area contributed by atoms with E-state index in [1.54, 1.807) is 0 Å². The Bertz CT molecular complexity index is 200. The maximum absolute atomic E-state index is 8.73. The summed E-state index contributed by atoms with van der Waals surface area (Å²) in [7, 11) is 0. The van der Waals surface area contributed by atoms with Crippen LogP contribution < -0.4 is 0 Å². The van der Waals surface area contributed by atoms with E-state index < -0.39 is 0 Å². The molecule has 0 radical (unpaired) electrons. The van der Waals surface area contributed by atoms with Crippen molar-refractivity contribution in [2.75, 3.05) is 13.2 Å². The highest BCUT2D eigenvalue weighted by Gasteiger charge is 2.27. The Hall–Kier alpha value is 0.140. The van der Waals surface area contributed by atoms with Gasteiger partial charge >= 0.3 is 0 Å². The van der Waals surface area contributed by atoms with Crippen LogP contribution in [0.4, 0.5) is 0 Å². The first-order valence-corrected chi connectivity index (χ1v) is 6.40. The third-order valence-electron chi connectivity index (χ3n) is 2.50. The van der Waals surface area contributed by atoms with E-state index in [4.69, 9.17) is 9.84 Å². The molecule has 1 atom stereocenters. The highest BCUT2D eigenvalue weighted by Crippen LogP contribution is 2.27. The summed E-state index contributed by atoms with van der Waals surface area (Å²) in [5.41, 5.74) is 1.10. The molecular formula is C12H23BrO2. The number of hydrogen-bond acceptors (Lipinski definition) is 2. The number of ether oxygens (including phenoxy) is 1. The second-order valence-corrected chi connectivity index (χ2v) is 5.38. The van der Waals surface area contributed by atoms with Gasteiger partial charge in [-0.25, -0.2) is 0 Å². The summed E-state index contributed by atoms with van der Waals surface area (Å²) in [5, 5.41) is 8.73. The number of hydrogen-bond donors (Lipinski definition) is 1. The zero-order chi connectivity index (χ0) is 11.9. The predicted octanol–water partition coefficient (Wildman–Crippen LogP) is 3.28. The molecule has 90 valence electrons. The topological polar surface area (TPSA) is 29.5 Å². The van der Waals surface area contributed by atoms with Crippen LogP contribution in [0, 0.1) is 0 Å². The minimum absolute atomic E-state index is 0.131. The van der Waals surface area contributed by atoms with Crippen LogP contribution in [0.25, 0.3) is 0 Å². The SMILES string of the molecule is CCOC(C)(C)C(Br)CCC(C)=CCO. The van der Waals surface area contributed by atoms with Gasteiger partial charge in [-0.15, -0.1) is 0 Å². The number of halogens is 1. The molecule has 0 amide bonds. The summed E-state index contributed by atoms with van der Waals surface area (Å²) in [5.74, 6) is 0. The van der Waals surface area contributed by atoms with Crippen molar-refractivity contribution in [2.45, 2.75) is 51.0 Å². The number of rotatable bonds is 7. The zero-order valence-electron chi connectivity index (χ0n) is 10.2. The molecule has 0 fully saturated rings. The molecule has 0 heterocycles. The van der Waals surface area contributed by atoms with Gasteiger partial charge in [0.05, 0.1) is 12.2 Å². The molecule has 0 spiro atoms. The van der Waals surface area contributed by atoms with Crippen LogP contribution in [0.5, 0.6) is 0 Å². The van der Waals surface area contributed by atoms with E-state index in [1.165, 1.54) is 5.57 Å². The molecule has 3 heteroatoms. The van der Waals surface area contributed by atoms with Crippen LogP contribution in [-0.2, 0) is 4.74 Å². The van der Waals surface area contributed by atoms with E-state index in [2.05, 4.69) is 29.8 Å². The van der Waals surface area contributed by atoms with Crippen LogP contribution in [0.2, 0.25) is 0 Å². The van der Waals surface area contributed by atoms with Crippen molar-refractivity contribution < 1.29 is 9.84 Å². The molecule has 0 aliphatic carbocycles. The van der Waals surface area contributed by atoms with Crippen LogP contribution in [0.3, 0.4) is 0 Å². The first-order valence-electron chi connectivity index (χ1n) is 5.48. The Kier molecular flexibility index (Phi) is 7.49. The molecule has 0 aliphatic rings. The molecule has 0 aromatic rings. The van der Waals surface area contributed by atoms with Gasteiger partial charge in [-0.3, -0.25) is 0 Å². The zero-order valence-corrected chi connectivity index (χ0v) is 11.8. The predicted molar refractivity (Wildman–Crippen MR) is 68.5 cm³/mol. The summed E-state index contributed by atoms with van der Waals surface area (Å²) in [4.78, 5) is 0.340. The van der Waals surface area contributed by atoms with Gasteiger partial charge in [0.15, 0.2) is 0 Å². The minimum atomic E-state index is -0.131. The van der Waals surface area contributed by atoms with E-state index in [0.717, 1.165) is 19.4 Å². The van der Waals surface area contributed by atoms with Crippen molar-refractivity contribution in [1.82, 2.24) is 0 Å². The molecule has 0 saturated heterocycles. The number of alkyl halides is 1. The van der Waals surface area contributed by atoms with Gasteiger partial charge in [0, 0.05) is 11.4 Å². The highest BCUT2D eigenvalue weighted by molar-refractivity contribution is 9.09. The van der Waals surface area contributed by atoms with Gasteiger partial charge in [0.25, 0.3) is 0 Å². The van der Waals surface area contributed by atoms with E-state index >= 15 is 0 Å². The first kappa shape index (κ1) is 15.1. The minimum Gasteiger partial charge on any atom is -0.392 e. The Morgan fingerprint density at radius 3 is 2.60 bits per heavy atom. The summed E-state index contributed by atoms with van der Waals surface area (Å²) in [6, 6.07) is 0. The van der Waals surface area contributed by atoms with E-state index in [-0.39, 0.29) is 12.2 Å². The summed E-state index contributed by atoms with van der Waals surface area (Å²) >= 11 is 3.67. The smallest absolute Gasteiger partial charge is 0.0750 e. The molecule has 0 rings (SSSR count). The molecular weight excluding hydrogens is 256 g/mol. The fraction of sp³-hybridized carbons (Fsp3) is 0.833. The quantitative estimate of drug-likeness (QED) is 0.572. The molecule has 0 aromatic carbocycles. The Morgan fingerprint density at radius 1 is 1.53 bits per heavy atom. The number of aliphatic hydroxyl groups excluding tert-OH is 1. The molecule has 0 bridgehead atoms. The maximum atomic E-state index is 8.73. The average Bonchev–Trinajstić information content (AvgIpc) is 2.14. The van der Waals surface area contributed by atoms with Gasteiger partial charge in [-0.05, 0) is 40.5 Å². The molecule has 15 heavy (non-hydrogen) atoms. The third kappa shape index (κ3) is 6.33. The Labute approximate surface area is 102 Å². The van der Waals surface area contributed by atoms with Gasteiger partial charge in [-0.1, -0.05) is 27.6 Å². The van der Waals surface area contributed by atoms with Crippen molar-refractivity contribution >= 4 is 15.9 Å². The lowest BCUT2D eigenvalue weighted by Crippen LogP contribution is -2.35. The van der Waals surface area contributed by atoms with Gasteiger partial charge in [0.1, 0.15) is 0 Å². The molecule has 1 N–H and O–H groups in total. The fourth-order valence-electron chi connectivity index (χ4n) is 1.42. The van der Waals surface area contributed by atoms with Crippen molar-refractivity contribution in [3.8, 4) is 0 Å². The molecule has 2 nitrogen and oxygen atoms in total. The maximum Gasteiger partial charge on any atom is 0.0750 e. The van der Waals surface area contributed by atoms with E-state index in [0.29, 0.717) is 4.83 Å². The van der Waals surface area contributed by atoms with Crippen LogP contribution in [-0.4, -0.2) is 28.7 Å². The van der Waals surface area contributed by atoms with Crippen molar-refractivity contribution in [3.05, 3.63) is 11.6 Å². The van der Waals surface area contributed by atoms with Gasteiger partial charge in [-0.2, -0.15) is 0 Å². The normalized spacial score (nSPS) is 15.5. The average molecular weight is 279 g/mol. The van der Waals surface area contributed by atoms with Gasteiger partial charge in [0.2, 0.25) is 0 Å². The summed E-state index contributed by atoms with van der Waals surface area (Å²) in [6.07, 6.45) is 3.87. The Morgan fingerprint density at radius 2 is 2.13 bits per heavy atom. The largest absolute Gasteiger partial charge is 0.392 e. The molecule has 0 aromatic heterocycles. The second kappa shape index (κ2) is 7.42. The first-order chi connectivity index (χ1) is 6.94.